The van der Waals surface area contributed by atoms with E-state index in [1.807, 2.05) is 0 Å². The fraction of sp³-hybridized carbons (Fsp3) is 0.733. The summed E-state index contributed by atoms with van der Waals surface area (Å²) in [6.07, 6.45) is 5.72. The molecule has 0 aliphatic heterocycles. The Morgan fingerprint density at radius 3 is 2.63 bits per heavy atom. The minimum atomic E-state index is 0.632. The molecule has 0 unspecified atom stereocenters. The summed E-state index contributed by atoms with van der Waals surface area (Å²) in [7, 11) is 0. The lowest BCUT2D eigenvalue weighted by Crippen LogP contribution is -2.19. The van der Waals surface area contributed by atoms with Crippen LogP contribution in [0, 0.1) is 11.8 Å². The van der Waals surface area contributed by atoms with Gasteiger partial charge in [-0.25, -0.2) is 4.98 Å². The first-order valence-corrected chi connectivity index (χ1v) is 7.22. The molecule has 108 valence electrons. The molecule has 0 radical (unpaired) electrons. The van der Waals surface area contributed by atoms with E-state index in [4.69, 9.17) is 4.74 Å². The smallest absolute Gasteiger partial charge is 0.232 e. The zero-order valence-corrected chi connectivity index (χ0v) is 12.6. The Labute approximate surface area is 117 Å². The predicted molar refractivity (Wildman–Crippen MR) is 78.1 cm³/mol. The van der Waals surface area contributed by atoms with Crippen molar-refractivity contribution >= 4 is 0 Å². The Hall–Kier alpha value is -1.16. The molecule has 1 N–H and O–H groups in total. The van der Waals surface area contributed by atoms with Crippen LogP contribution in [0.25, 0.3) is 0 Å². The van der Waals surface area contributed by atoms with Crippen molar-refractivity contribution in [2.75, 3.05) is 13.2 Å². The van der Waals surface area contributed by atoms with Crippen molar-refractivity contribution in [2.45, 2.75) is 47.1 Å². The number of nitrogens with zero attached hydrogens (tertiary/aromatic N) is 2. The molecule has 19 heavy (non-hydrogen) atoms. The van der Waals surface area contributed by atoms with Crippen molar-refractivity contribution in [3.05, 3.63) is 18.1 Å². The van der Waals surface area contributed by atoms with Gasteiger partial charge in [0.05, 0.1) is 18.5 Å². The van der Waals surface area contributed by atoms with Crippen LogP contribution in [-0.2, 0) is 6.54 Å². The first kappa shape index (κ1) is 15.9. The van der Waals surface area contributed by atoms with Crippen LogP contribution in [0.3, 0.4) is 0 Å². The molecule has 0 spiro atoms. The Kier molecular flexibility index (Phi) is 7.41. The second-order valence-electron chi connectivity index (χ2n) is 5.76. The topological polar surface area (TPSA) is 47.0 Å². The third-order valence-electron chi connectivity index (χ3n) is 2.70. The van der Waals surface area contributed by atoms with E-state index in [1.54, 1.807) is 12.4 Å². The SMILES string of the molecule is CC(C)CCCOc1cncc(CNCC(C)C)n1. The van der Waals surface area contributed by atoms with E-state index in [2.05, 4.69) is 43.0 Å². The van der Waals surface area contributed by atoms with Crippen molar-refractivity contribution in [1.29, 1.82) is 0 Å². The van der Waals surface area contributed by atoms with Gasteiger partial charge in [0, 0.05) is 12.7 Å². The Morgan fingerprint density at radius 2 is 1.95 bits per heavy atom. The van der Waals surface area contributed by atoms with Gasteiger partial charge in [-0.1, -0.05) is 27.7 Å². The molecular formula is C15H27N3O. The fourth-order valence-electron chi connectivity index (χ4n) is 1.70. The average molecular weight is 265 g/mol. The van der Waals surface area contributed by atoms with Gasteiger partial charge in [-0.2, -0.15) is 0 Å². The van der Waals surface area contributed by atoms with Gasteiger partial charge in [0.2, 0.25) is 5.88 Å². The molecule has 0 amide bonds. The summed E-state index contributed by atoms with van der Waals surface area (Å²) in [5.41, 5.74) is 0.932. The number of hydrogen-bond donors (Lipinski definition) is 1. The van der Waals surface area contributed by atoms with Crippen LogP contribution in [0.15, 0.2) is 12.4 Å². The molecule has 0 bridgehead atoms. The third kappa shape index (κ3) is 7.78. The van der Waals surface area contributed by atoms with Crippen molar-refractivity contribution < 1.29 is 4.74 Å². The molecule has 4 heteroatoms. The fourth-order valence-corrected chi connectivity index (χ4v) is 1.70. The highest BCUT2D eigenvalue weighted by atomic mass is 16.5. The summed E-state index contributed by atoms with van der Waals surface area (Å²) in [6, 6.07) is 0. The third-order valence-corrected chi connectivity index (χ3v) is 2.70. The van der Waals surface area contributed by atoms with Gasteiger partial charge in [0.15, 0.2) is 0 Å². The van der Waals surface area contributed by atoms with Gasteiger partial charge < -0.3 is 10.1 Å². The van der Waals surface area contributed by atoms with Gasteiger partial charge in [-0.3, -0.25) is 4.98 Å². The quantitative estimate of drug-likeness (QED) is 0.697. The molecule has 1 aromatic rings. The summed E-state index contributed by atoms with van der Waals surface area (Å²) in [5, 5.41) is 3.35. The van der Waals surface area contributed by atoms with E-state index < -0.39 is 0 Å². The maximum atomic E-state index is 5.62. The van der Waals surface area contributed by atoms with Crippen molar-refractivity contribution in [3.8, 4) is 5.88 Å². The number of hydrogen-bond acceptors (Lipinski definition) is 4. The maximum absolute atomic E-state index is 5.62. The number of rotatable bonds is 9. The van der Waals surface area contributed by atoms with Crippen LogP contribution < -0.4 is 10.1 Å². The Morgan fingerprint density at radius 1 is 1.16 bits per heavy atom. The van der Waals surface area contributed by atoms with Crippen molar-refractivity contribution in [3.63, 3.8) is 0 Å². The summed E-state index contributed by atoms with van der Waals surface area (Å²) < 4.78 is 5.62. The second kappa shape index (κ2) is 8.86. The standard InChI is InChI=1S/C15H27N3O/c1-12(2)6-5-7-19-15-11-17-10-14(18-15)9-16-8-13(3)4/h10-13,16H,5-9H2,1-4H3. The molecular weight excluding hydrogens is 238 g/mol. The first-order chi connectivity index (χ1) is 9.08. The molecule has 0 saturated carbocycles. The van der Waals surface area contributed by atoms with Crippen LogP contribution in [0.1, 0.15) is 46.2 Å². The summed E-state index contributed by atoms with van der Waals surface area (Å²) in [4.78, 5) is 8.61. The molecule has 0 aliphatic rings. The van der Waals surface area contributed by atoms with Gasteiger partial charge >= 0.3 is 0 Å². The molecule has 1 rings (SSSR count). The zero-order chi connectivity index (χ0) is 14.1. The lowest BCUT2D eigenvalue weighted by molar-refractivity contribution is 0.285. The van der Waals surface area contributed by atoms with E-state index in [9.17, 15) is 0 Å². The second-order valence-corrected chi connectivity index (χ2v) is 5.76. The normalized spacial score (nSPS) is 11.3. The maximum Gasteiger partial charge on any atom is 0.232 e. The lowest BCUT2D eigenvalue weighted by Gasteiger charge is -2.09. The van der Waals surface area contributed by atoms with Crippen LogP contribution in [-0.4, -0.2) is 23.1 Å². The van der Waals surface area contributed by atoms with Crippen molar-refractivity contribution in [1.82, 2.24) is 15.3 Å². The highest BCUT2D eigenvalue weighted by molar-refractivity contribution is 5.08. The first-order valence-electron chi connectivity index (χ1n) is 7.22. The molecule has 0 atom stereocenters. The van der Waals surface area contributed by atoms with E-state index in [1.165, 1.54) is 6.42 Å². The Balaban J connectivity index is 2.31. The Bertz CT molecular complexity index is 353. The number of ether oxygens (including phenoxy) is 1. The van der Waals surface area contributed by atoms with Crippen LogP contribution in [0.5, 0.6) is 5.88 Å². The highest BCUT2D eigenvalue weighted by Crippen LogP contribution is 2.08. The van der Waals surface area contributed by atoms with Gasteiger partial charge in [-0.15, -0.1) is 0 Å². The zero-order valence-electron chi connectivity index (χ0n) is 12.6. The van der Waals surface area contributed by atoms with E-state index in [0.29, 0.717) is 11.8 Å². The van der Waals surface area contributed by atoms with Crippen LogP contribution >= 0.6 is 0 Å². The minimum Gasteiger partial charge on any atom is -0.477 e. The van der Waals surface area contributed by atoms with Gasteiger partial charge in [-0.05, 0) is 31.2 Å². The molecule has 4 nitrogen and oxygen atoms in total. The highest BCUT2D eigenvalue weighted by Gasteiger charge is 2.01. The van der Waals surface area contributed by atoms with Crippen molar-refractivity contribution in [2.24, 2.45) is 11.8 Å². The van der Waals surface area contributed by atoms with E-state index >= 15 is 0 Å². The summed E-state index contributed by atoms with van der Waals surface area (Å²) in [6.45, 7) is 11.3. The van der Waals surface area contributed by atoms with Crippen LogP contribution in [0.4, 0.5) is 0 Å². The molecule has 0 aromatic carbocycles. The summed E-state index contributed by atoms with van der Waals surface area (Å²) >= 11 is 0. The van der Waals surface area contributed by atoms with E-state index in [-0.39, 0.29) is 0 Å². The van der Waals surface area contributed by atoms with Gasteiger partial charge in [0.25, 0.3) is 0 Å². The van der Waals surface area contributed by atoms with E-state index in [0.717, 1.165) is 37.7 Å². The minimum absolute atomic E-state index is 0.632. The molecule has 0 fully saturated rings. The number of nitrogens with one attached hydrogen (secondary N) is 1. The number of aromatic nitrogens is 2. The van der Waals surface area contributed by atoms with Crippen LogP contribution in [0.2, 0.25) is 0 Å². The molecule has 0 saturated heterocycles. The summed E-state index contributed by atoms with van der Waals surface area (Å²) in [5.74, 6) is 2.00. The molecule has 0 aliphatic carbocycles. The molecule has 1 heterocycles. The average Bonchev–Trinajstić information content (AvgIpc) is 2.34. The predicted octanol–water partition coefficient (Wildman–Crippen LogP) is 3.04. The van der Waals surface area contributed by atoms with Gasteiger partial charge in [0.1, 0.15) is 0 Å². The largest absolute Gasteiger partial charge is 0.477 e. The molecule has 1 aromatic heterocycles. The monoisotopic (exact) mass is 265 g/mol. The lowest BCUT2D eigenvalue weighted by atomic mass is 10.1.